The Morgan fingerprint density at radius 2 is 2.23 bits per heavy atom. The van der Waals surface area contributed by atoms with Crippen LogP contribution in [0.4, 0.5) is 0 Å². The van der Waals surface area contributed by atoms with Gasteiger partial charge in [0.15, 0.2) is 11.0 Å². The second-order valence-corrected chi connectivity index (χ2v) is 4.01. The molecule has 1 atom stereocenters. The fourth-order valence-electron chi connectivity index (χ4n) is 2.26. The Kier molecular flexibility index (Phi) is 1.29. The lowest BCUT2D eigenvalue weighted by atomic mass is 10.1. The zero-order valence-electron chi connectivity index (χ0n) is 7.75. The van der Waals surface area contributed by atoms with Gasteiger partial charge in [0.2, 0.25) is 0 Å². The highest BCUT2D eigenvalue weighted by Crippen LogP contribution is 2.17. The van der Waals surface area contributed by atoms with Crippen LogP contribution in [-0.2, 0) is 13.0 Å². The van der Waals surface area contributed by atoms with Crippen molar-refractivity contribution in [2.24, 2.45) is 5.92 Å². The molecule has 1 aliphatic rings. The maximum absolute atomic E-state index is 3.47. The SMILES string of the molecule is C[C@H]1Cc2[nH]c3ccccc3[n+]2C1. The van der Waals surface area contributed by atoms with Gasteiger partial charge in [-0.15, -0.1) is 0 Å². The summed E-state index contributed by atoms with van der Waals surface area (Å²) in [7, 11) is 0. The largest absolute Gasteiger partial charge is 0.255 e. The topological polar surface area (TPSA) is 19.7 Å². The molecule has 2 heteroatoms. The molecule has 3 rings (SSSR count). The van der Waals surface area contributed by atoms with Gasteiger partial charge < -0.3 is 0 Å². The van der Waals surface area contributed by atoms with E-state index in [2.05, 4.69) is 40.7 Å². The molecule has 2 aromatic rings. The van der Waals surface area contributed by atoms with Gasteiger partial charge in [0, 0.05) is 5.92 Å². The Morgan fingerprint density at radius 1 is 1.38 bits per heavy atom. The molecule has 0 unspecified atom stereocenters. The van der Waals surface area contributed by atoms with E-state index in [1.54, 1.807) is 0 Å². The molecule has 1 N–H and O–H groups in total. The van der Waals surface area contributed by atoms with Gasteiger partial charge in [0.25, 0.3) is 5.82 Å². The van der Waals surface area contributed by atoms with E-state index in [9.17, 15) is 0 Å². The molecular weight excluding hydrogens is 160 g/mol. The number of aromatic amines is 1. The molecule has 0 fully saturated rings. The third-order valence-electron chi connectivity index (χ3n) is 2.84. The standard InChI is InChI=1S/C11H12N2/c1-8-6-11-12-9-4-2-3-5-10(9)13(11)7-8/h2-5,8H,6-7H2,1H3/p+1/t8-/m0/s1. The molecule has 2 nitrogen and oxygen atoms in total. The van der Waals surface area contributed by atoms with Crippen molar-refractivity contribution >= 4 is 11.0 Å². The van der Waals surface area contributed by atoms with E-state index in [4.69, 9.17) is 0 Å². The van der Waals surface area contributed by atoms with Crippen LogP contribution in [-0.4, -0.2) is 4.98 Å². The van der Waals surface area contributed by atoms with Gasteiger partial charge in [0.1, 0.15) is 0 Å². The van der Waals surface area contributed by atoms with Crippen LogP contribution < -0.4 is 4.57 Å². The van der Waals surface area contributed by atoms with Crippen molar-refractivity contribution < 1.29 is 4.57 Å². The summed E-state index contributed by atoms with van der Waals surface area (Å²) in [6.45, 7) is 3.47. The molecule has 0 aliphatic carbocycles. The number of para-hydroxylation sites is 2. The predicted octanol–water partition coefficient (Wildman–Crippen LogP) is 1.65. The summed E-state index contributed by atoms with van der Waals surface area (Å²) in [6.07, 6.45) is 1.19. The molecule has 0 amide bonds. The van der Waals surface area contributed by atoms with E-state index in [-0.39, 0.29) is 0 Å². The highest BCUT2D eigenvalue weighted by atomic mass is 15.1. The molecule has 1 aromatic carbocycles. The molecule has 13 heavy (non-hydrogen) atoms. The molecule has 1 aromatic heterocycles. The predicted molar refractivity (Wildman–Crippen MR) is 51.4 cm³/mol. The molecule has 0 saturated carbocycles. The number of nitrogens with zero attached hydrogens (tertiary/aromatic N) is 1. The van der Waals surface area contributed by atoms with Crippen LogP contribution in [0.5, 0.6) is 0 Å². The van der Waals surface area contributed by atoms with Crippen LogP contribution in [0, 0.1) is 5.92 Å². The lowest BCUT2D eigenvalue weighted by Gasteiger charge is -1.94. The Labute approximate surface area is 77.2 Å². The first-order valence-electron chi connectivity index (χ1n) is 4.84. The first kappa shape index (κ1) is 7.13. The van der Waals surface area contributed by atoms with Crippen molar-refractivity contribution in [2.45, 2.75) is 19.9 Å². The summed E-state index contributed by atoms with van der Waals surface area (Å²) in [6, 6.07) is 8.52. The molecule has 0 bridgehead atoms. The van der Waals surface area contributed by atoms with E-state index in [0.717, 1.165) is 5.92 Å². The van der Waals surface area contributed by atoms with Crippen LogP contribution in [0.1, 0.15) is 12.7 Å². The van der Waals surface area contributed by atoms with Crippen molar-refractivity contribution in [2.75, 3.05) is 0 Å². The average Bonchev–Trinajstić information content (AvgIpc) is 2.60. The molecule has 0 spiro atoms. The molecule has 1 aliphatic heterocycles. The van der Waals surface area contributed by atoms with Crippen molar-refractivity contribution in [1.29, 1.82) is 0 Å². The summed E-state index contributed by atoms with van der Waals surface area (Å²) in [5.41, 5.74) is 2.62. The second kappa shape index (κ2) is 2.34. The summed E-state index contributed by atoms with van der Waals surface area (Å²) in [5, 5.41) is 0. The van der Waals surface area contributed by atoms with Crippen LogP contribution in [0.2, 0.25) is 0 Å². The van der Waals surface area contributed by atoms with Gasteiger partial charge in [-0.3, -0.25) is 0 Å². The Bertz CT molecular complexity index is 456. The van der Waals surface area contributed by atoms with E-state index < -0.39 is 0 Å². The van der Waals surface area contributed by atoms with E-state index >= 15 is 0 Å². The Balaban J connectivity index is 2.31. The summed E-state index contributed by atoms with van der Waals surface area (Å²) in [4.78, 5) is 3.47. The lowest BCUT2D eigenvalue weighted by Crippen LogP contribution is -2.32. The third kappa shape index (κ3) is 0.916. The molecule has 0 saturated heterocycles. The summed E-state index contributed by atoms with van der Waals surface area (Å²) < 4.78 is 2.40. The minimum atomic E-state index is 0.788. The van der Waals surface area contributed by atoms with Crippen molar-refractivity contribution in [3.8, 4) is 0 Å². The minimum absolute atomic E-state index is 0.788. The van der Waals surface area contributed by atoms with Gasteiger partial charge in [-0.2, -0.15) is 0 Å². The number of hydrogen-bond acceptors (Lipinski definition) is 0. The maximum Gasteiger partial charge on any atom is 0.255 e. The third-order valence-corrected chi connectivity index (χ3v) is 2.84. The first-order chi connectivity index (χ1) is 6.34. The first-order valence-corrected chi connectivity index (χ1v) is 4.84. The number of rotatable bonds is 0. The number of aromatic nitrogens is 2. The van der Waals surface area contributed by atoms with Crippen LogP contribution in [0.15, 0.2) is 24.3 Å². The van der Waals surface area contributed by atoms with E-state index in [1.807, 2.05) is 0 Å². The number of benzene rings is 1. The maximum atomic E-state index is 3.47. The fraction of sp³-hybridized carbons (Fsp3) is 0.364. The van der Waals surface area contributed by atoms with Crippen LogP contribution in [0.25, 0.3) is 11.0 Å². The fourth-order valence-corrected chi connectivity index (χ4v) is 2.26. The van der Waals surface area contributed by atoms with E-state index in [1.165, 1.54) is 29.8 Å². The van der Waals surface area contributed by atoms with Crippen molar-refractivity contribution in [3.63, 3.8) is 0 Å². The molecule has 0 radical (unpaired) electrons. The quantitative estimate of drug-likeness (QED) is 0.584. The Morgan fingerprint density at radius 3 is 3.15 bits per heavy atom. The van der Waals surface area contributed by atoms with Gasteiger partial charge >= 0.3 is 0 Å². The number of H-pyrrole nitrogens is 1. The highest BCUT2D eigenvalue weighted by molar-refractivity contribution is 5.71. The van der Waals surface area contributed by atoms with Gasteiger partial charge in [-0.1, -0.05) is 19.1 Å². The van der Waals surface area contributed by atoms with Crippen LogP contribution in [0.3, 0.4) is 0 Å². The van der Waals surface area contributed by atoms with Gasteiger partial charge in [-0.25, -0.2) is 9.55 Å². The normalized spacial score (nSPS) is 20.8. The van der Waals surface area contributed by atoms with E-state index in [0.29, 0.717) is 0 Å². The number of fused-ring (bicyclic) bond motifs is 3. The molecule has 2 heterocycles. The monoisotopic (exact) mass is 173 g/mol. The number of imidazole rings is 1. The average molecular weight is 173 g/mol. The zero-order chi connectivity index (χ0) is 8.84. The van der Waals surface area contributed by atoms with Crippen LogP contribution >= 0.6 is 0 Å². The van der Waals surface area contributed by atoms with Gasteiger partial charge in [-0.05, 0) is 12.1 Å². The van der Waals surface area contributed by atoms with Crippen molar-refractivity contribution in [1.82, 2.24) is 4.98 Å². The highest BCUT2D eigenvalue weighted by Gasteiger charge is 2.27. The Hall–Kier alpha value is -1.31. The van der Waals surface area contributed by atoms with Gasteiger partial charge in [0.05, 0.1) is 13.0 Å². The molecular formula is C11H13N2+. The second-order valence-electron chi connectivity index (χ2n) is 4.01. The number of nitrogens with one attached hydrogen (secondary N) is 1. The molecule has 66 valence electrons. The van der Waals surface area contributed by atoms with Crippen molar-refractivity contribution in [3.05, 3.63) is 30.1 Å². The summed E-state index contributed by atoms with van der Waals surface area (Å²) in [5.74, 6) is 2.17. The zero-order valence-corrected chi connectivity index (χ0v) is 7.75. The minimum Gasteiger partial charge on any atom is -0.241 e. The smallest absolute Gasteiger partial charge is 0.241 e. The number of hydrogen-bond donors (Lipinski definition) is 1. The summed E-state index contributed by atoms with van der Waals surface area (Å²) >= 11 is 0. The lowest BCUT2D eigenvalue weighted by molar-refractivity contribution is -0.668.